The Bertz CT molecular complexity index is 1470. The van der Waals surface area contributed by atoms with Gasteiger partial charge < -0.3 is 21.1 Å². The fourth-order valence-corrected chi connectivity index (χ4v) is 3.41. The van der Waals surface area contributed by atoms with E-state index in [-0.39, 0.29) is 5.91 Å². The zero-order valence-corrected chi connectivity index (χ0v) is 19.3. The van der Waals surface area contributed by atoms with Gasteiger partial charge in [0.1, 0.15) is 5.52 Å². The SMILES string of the molecule is CN(C)CCNC(=O)c1cccc2nc3ccc4c(C(N)=O)cccc4c3nc12.O=C(O)C(F)(F)F. The predicted octanol–water partition coefficient (Wildman–Crippen LogP) is 2.96. The van der Waals surface area contributed by atoms with Crippen molar-refractivity contribution in [2.24, 2.45) is 5.73 Å². The third kappa shape index (κ3) is 5.84. The molecule has 188 valence electrons. The molecule has 4 aromatic rings. The third-order valence-electron chi connectivity index (χ3n) is 5.09. The molecule has 0 bridgehead atoms. The van der Waals surface area contributed by atoms with Crippen LogP contribution in [0.5, 0.6) is 0 Å². The van der Waals surface area contributed by atoms with Gasteiger partial charge in [0.05, 0.1) is 22.1 Å². The summed E-state index contributed by atoms with van der Waals surface area (Å²) < 4.78 is 31.7. The van der Waals surface area contributed by atoms with Crippen LogP contribution in [0.2, 0.25) is 0 Å². The van der Waals surface area contributed by atoms with Crippen LogP contribution in [-0.2, 0) is 4.79 Å². The summed E-state index contributed by atoms with van der Waals surface area (Å²) in [4.78, 5) is 44.9. The van der Waals surface area contributed by atoms with E-state index in [2.05, 4.69) is 10.3 Å². The molecule has 4 rings (SSSR count). The second kappa shape index (κ2) is 10.5. The van der Waals surface area contributed by atoms with Gasteiger partial charge in [-0.2, -0.15) is 13.2 Å². The normalized spacial score (nSPS) is 11.4. The first kappa shape index (κ1) is 26.3. The first-order chi connectivity index (χ1) is 16.9. The van der Waals surface area contributed by atoms with Crippen LogP contribution in [0.4, 0.5) is 13.2 Å². The Morgan fingerprint density at radius 3 is 2.14 bits per heavy atom. The number of aromatic nitrogens is 2. The number of hydrogen-bond donors (Lipinski definition) is 3. The van der Waals surface area contributed by atoms with Crippen molar-refractivity contribution in [1.82, 2.24) is 20.2 Å². The van der Waals surface area contributed by atoms with E-state index >= 15 is 0 Å². The van der Waals surface area contributed by atoms with Crippen LogP contribution in [0.25, 0.3) is 32.8 Å². The molecule has 3 aromatic carbocycles. The molecule has 0 unspecified atom stereocenters. The zero-order chi connectivity index (χ0) is 26.6. The maximum absolute atomic E-state index is 12.7. The molecule has 12 heteroatoms. The summed E-state index contributed by atoms with van der Waals surface area (Å²) in [5, 5.41) is 11.5. The first-order valence-corrected chi connectivity index (χ1v) is 10.5. The average Bonchev–Trinajstić information content (AvgIpc) is 2.81. The number of carbonyl (C=O) groups excluding carboxylic acids is 2. The standard InChI is InChI=1S/C22H21N5O2.C2HF3O2/c1-27(2)12-11-24-22(29)16-7-4-8-17-20(16)26-19-14-5-3-6-15(21(23)28)13(14)9-10-18(19)25-17;3-2(4,5)1(6)7/h3-10H,11-12H2,1-2H3,(H2,23,28)(H,24,29);(H,6,7). The molecule has 1 aromatic heterocycles. The number of carbonyl (C=O) groups is 3. The van der Waals surface area contributed by atoms with Crippen molar-refractivity contribution in [2.75, 3.05) is 27.2 Å². The molecule has 9 nitrogen and oxygen atoms in total. The number of amides is 2. The average molecular weight is 501 g/mol. The predicted molar refractivity (Wildman–Crippen MR) is 128 cm³/mol. The Morgan fingerprint density at radius 1 is 0.917 bits per heavy atom. The summed E-state index contributed by atoms with van der Waals surface area (Å²) in [6, 6.07) is 14.4. The minimum atomic E-state index is -5.08. The van der Waals surface area contributed by atoms with E-state index in [4.69, 9.17) is 20.6 Å². The van der Waals surface area contributed by atoms with E-state index in [0.717, 1.165) is 11.9 Å². The minimum Gasteiger partial charge on any atom is -0.475 e. The van der Waals surface area contributed by atoms with Gasteiger partial charge in [-0.1, -0.05) is 24.3 Å². The zero-order valence-electron chi connectivity index (χ0n) is 19.3. The van der Waals surface area contributed by atoms with Crippen molar-refractivity contribution >= 4 is 50.6 Å². The quantitative estimate of drug-likeness (QED) is 0.282. The molecule has 0 fully saturated rings. The number of carboxylic acids is 1. The fourth-order valence-electron chi connectivity index (χ4n) is 3.41. The number of nitrogens with two attached hydrogens (primary N) is 1. The highest BCUT2D eigenvalue weighted by Crippen LogP contribution is 2.28. The summed E-state index contributed by atoms with van der Waals surface area (Å²) in [5.41, 5.74) is 8.91. The minimum absolute atomic E-state index is 0.191. The van der Waals surface area contributed by atoms with Gasteiger partial charge in [-0.05, 0) is 43.7 Å². The number of fused-ring (bicyclic) bond motifs is 4. The second-order valence-corrected chi connectivity index (χ2v) is 7.96. The van der Waals surface area contributed by atoms with Crippen molar-refractivity contribution in [3.8, 4) is 0 Å². The lowest BCUT2D eigenvalue weighted by atomic mass is 10.0. The van der Waals surface area contributed by atoms with Gasteiger partial charge in [-0.15, -0.1) is 0 Å². The van der Waals surface area contributed by atoms with E-state index in [0.29, 0.717) is 45.1 Å². The molecule has 0 atom stereocenters. The Morgan fingerprint density at radius 2 is 1.53 bits per heavy atom. The molecule has 0 spiro atoms. The highest BCUT2D eigenvalue weighted by Gasteiger charge is 2.38. The number of benzene rings is 3. The number of halogens is 3. The van der Waals surface area contributed by atoms with Crippen LogP contribution in [0.15, 0.2) is 48.5 Å². The number of rotatable bonds is 5. The van der Waals surface area contributed by atoms with Crippen LogP contribution in [0.1, 0.15) is 20.7 Å². The van der Waals surface area contributed by atoms with Crippen molar-refractivity contribution in [3.05, 3.63) is 59.7 Å². The van der Waals surface area contributed by atoms with E-state index in [9.17, 15) is 22.8 Å². The van der Waals surface area contributed by atoms with Crippen molar-refractivity contribution in [1.29, 1.82) is 0 Å². The summed E-state index contributed by atoms with van der Waals surface area (Å²) in [6.07, 6.45) is -5.08. The molecule has 4 N–H and O–H groups in total. The number of nitrogens with zero attached hydrogens (tertiary/aromatic N) is 3. The van der Waals surface area contributed by atoms with Gasteiger partial charge in [-0.25, -0.2) is 14.8 Å². The van der Waals surface area contributed by atoms with Gasteiger partial charge in [0, 0.05) is 24.0 Å². The van der Waals surface area contributed by atoms with E-state index < -0.39 is 18.1 Å². The molecular formula is C24H22F3N5O4. The second-order valence-electron chi connectivity index (χ2n) is 7.96. The number of primary amides is 1. The van der Waals surface area contributed by atoms with Gasteiger partial charge in [0.2, 0.25) is 5.91 Å². The topological polar surface area (TPSA) is 139 Å². The Labute approximate surface area is 202 Å². The lowest BCUT2D eigenvalue weighted by molar-refractivity contribution is -0.192. The Hall–Kier alpha value is -4.32. The summed E-state index contributed by atoms with van der Waals surface area (Å²) in [7, 11) is 3.90. The first-order valence-electron chi connectivity index (χ1n) is 10.5. The van der Waals surface area contributed by atoms with Crippen LogP contribution in [0, 0.1) is 0 Å². The highest BCUT2D eigenvalue weighted by atomic mass is 19.4. The lowest BCUT2D eigenvalue weighted by Crippen LogP contribution is -2.31. The largest absolute Gasteiger partial charge is 0.490 e. The Balaban J connectivity index is 0.000000454. The number of likely N-dealkylation sites (N-methyl/N-ethyl adjacent to an activating group) is 1. The maximum Gasteiger partial charge on any atom is 0.490 e. The number of nitrogens with one attached hydrogen (secondary N) is 1. The number of hydrogen-bond acceptors (Lipinski definition) is 6. The lowest BCUT2D eigenvalue weighted by Gasteiger charge is -2.12. The van der Waals surface area contributed by atoms with Gasteiger partial charge >= 0.3 is 12.1 Å². The molecule has 0 radical (unpaired) electrons. The molecular weight excluding hydrogens is 479 g/mol. The molecule has 36 heavy (non-hydrogen) atoms. The molecule has 2 amide bonds. The van der Waals surface area contributed by atoms with E-state index in [1.807, 2.05) is 43.3 Å². The maximum atomic E-state index is 12.7. The molecule has 0 saturated carbocycles. The molecule has 0 aliphatic heterocycles. The summed E-state index contributed by atoms with van der Waals surface area (Å²) >= 11 is 0. The van der Waals surface area contributed by atoms with Crippen LogP contribution in [0.3, 0.4) is 0 Å². The molecule has 1 heterocycles. The van der Waals surface area contributed by atoms with Crippen molar-refractivity contribution in [2.45, 2.75) is 6.18 Å². The van der Waals surface area contributed by atoms with Crippen molar-refractivity contribution in [3.63, 3.8) is 0 Å². The van der Waals surface area contributed by atoms with E-state index in [1.165, 1.54) is 0 Å². The smallest absolute Gasteiger partial charge is 0.475 e. The van der Waals surface area contributed by atoms with Gasteiger partial charge in [0.25, 0.3) is 5.91 Å². The third-order valence-corrected chi connectivity index (χ3v) is 5.09. The van der Waals surface area contributed by atoms with Crippen LogP contribution >= 0.6 is 0 Å². The fraction of sp³-hybridized carbons (Fsp3) is 0.208. The molecule has 0 aliphatic carbocycles. The van der Waals surface area contributed by atoms with Gasteiger partial charge in [-0.3, -0.25) is 9.59 Å². The van der Waals surface area contributed by atoms with Crippen molar-refractivity contribution < 1.29 is 32.7 Å². The Kier molecular flexibility index (Phi) is 7.68. The molecule has 0 saturated heterocycles. The summed E-state index contributed by atoms with van der Waals surface area (Å²) in [5.74, 6) is -3.44. The van der Waals surface area contributed by atoms with Crippen LogP contribution in [-0.4, -0.2) is 71.1 Å². The highest BCUT2D eigenvalue weighted by molar-refractivity contribution is 6.15. The number of para-hydroxylation sites is 1. The van der Waals surface area contributed by atoms with Gasteiger partial charge in [0.15, 0.2) is 0 Å². The number of alkyl halides is 3. The monoisotopic (exact) mass is 501 g/mol. The molecule has 0 aliphatic rings. The summed E-state index contributed by atoms with van der Waals surface area (Å²) in [6.45, 7) is 1.28. The number of carboxylic acid groups (broad SMARTS) is 1. The van der Waals surface area contributed by atoms with E-state index in [1.54, 1.807) is 24.3 Å². The van der Waals surface area contributed by atoms with Crippen LogP contribution < -0.4 is 11.1 Å². The number of aliphatic carboxylic acids is 1.